The third kappa shape index (κ3) is 4.13. The Morgan fingerprint density at radius 1 is 1.12 bits per heavy atom. The Bertz CT molecular complexity index is 293. The van der Waals surface area contributed by atoms with E-state index in [9.17, 15) is 0 Å². The monoisotopic (exact) mass is 300 g/mol. The Hall–Kier alpha value is -0.301. The minimum absolute atomic E-state index is 0.0119. The number of hydrogen-bond acceptors (Lipinski definition) is 1. The summed E-state index contributed by atoms with van der Waals surface area (Å²) in [7, 11) is 1.86. The van der Waals surface area contributed by atoms with Crippen molar-refractivity contribution in [1.29, 1.82) is 0 Å². The fraction of sp³-hybridized carbons (Fsp3) is 0.600. The Labute approximate surface area is 112 Å². The van der Waals surface area contributed by atoms with Crippen molar-refractivity contribution in [3.05, 3.63) is 35.9 Å². The molecule has 0 aliphatic carbocycles. The molecule has 2 heteroatoms. The standard InChI is InChI=1S/C15H24OSe/c1-4-5-6-10-13-15(16-2,17-3)14-11-8-7-9-12-14/h7-9,11-12H,4-6,10,13H2,1-3H3. The molecule has 1 rings (SSSR count). The van der Waals surface area contributed by atoms with Crippen molar-refractivity contribution in [2.24, 2.45) is 0 Å². The van der Waals surface area contributed by atoms with Gasteiger partial charge in [-0.15, -0.1) is 0 Å². The number of ether oxygens (including phenoxy) is 1. The molecule has 0 N–H and O–H groups in total. The molecule has 0 saturated heterocycles. The van der Waals surface area contributed by atoms with Crippen molar-refractivity contribution in [2.75, 3.05) is 7.11 Å². The summed E-state index contributed by atoms with van der Waals surface area (Å²) in [6.45, 7) is 2.25. The van der Waals surface area contributed by atoms with Crippen LogP contribution in [0.4, 0.5) is 0 Å². The molecule has 0 aromatic heterocycles. The van der Waals surface area contributed by atoms with E-state index in [0.29, 0.717) is 15.0 Å². The molecule has 0 aliphatic rings. The van der Waals surface area contributed by atoms with Gasteiger partial charge >= 0.3 is 112 Å². The molecule has 17 heavy (non-hydrogen) atoms. The van der Waals surface area contributed by atoms with E-state index >= 15 is 0 Å². The number of benzene rings is 1. The van der Waals surface area contributed by atoms with E-state index in [0.717, 1.165) is 6.42 Å². The predicted octanol–water partition coefficient (Wildman–Crippen LogP) is 4.21. The van der Waals surface area contributed by atoms with E-state index in [-0.39, 0.29) is 4.50 Å². The van der Waals surface area contributed by atoms with Crippen LogP contribution in [0.5, 0.6) is 0 Å². The zero-order chi connectivity index (χ0) is 12.6. The first kappa shape index (κ1) is 14.8. The zero-order valence-corrected chi connectivity index (χ0v) is 13.0. The zero-order valence-electron chi connectivity index (χ0n) is 11.2. The first-order valence-corrected chi connectivity index (χ1v) is 9.02. The van der Waals surface area contributed by atoms with Gasteiger partial charge in [0.05, 0.1) is 0 Å². The van der Waals surface area contributed by atoms with E-state index < -0.39 is 0 Å². The maximum atomic E-state index is 5.88. The summed E-state index contributed by atoms with van der Waals surface area (Å²) in [6, 6.07) is 10.7. The molecule has 1 nitrogen and oxygen atoms in total. The number of hydrogen-bond donors (Lipinski definition) is 0. The second-order valence-corrected chi connectivity index (χ2v) is 6.58. The average Bonchev–Trinajstić information content (AvgIpc) is 2.41. The van der Waals surface area contributed by atoms with Crippen molar-refractivity contribution in [3.8, 4) is 0 Å². The van der Waals surface area contributed by atoms with Crippen LogP contribution in [0, 0.1) is 0 Å². The minimum atomic E-state index is -0.0119. The van der Waals surface area contributed by atoms with Crippen LogP contribution < -0.4 is 0 Å². The molecule has 1 aromatic carbocycles. The van der Waals surface area contributed by atoms with E-state index in [2.05, 4.69) is 43.1 Å². The molecule has 96 valence electrons. The third-order valence-corrected chi connectivity index (χ3v) is 5.89. The number of rotatable bonds is 8. The van der Waals surface area contributed by atoms with Gasteiger partial charge in [0.25, 0.3) is 0 Å². The second-order valence-electron chi connectivity index (χ2n) is 4.34. The first-order chi connectivity index (χ1) is 8.29. The summed E-state index contributed by atoms with van der Waals surface area (Å²) in [4.78, 5) is 0. The molecule has 0 spiro atoms. The average molecular weight is 299 g/mol. The molecular formula is C15H24OSe. The van der Waals surface area contributed by atoms with Crippen molar-refractivity contribution >= 4 is 15.0 Å². The number of methoxy groups -OCH3 is 1. The summed E-state index contributed by atoms with van der Waals surface area (Å²) in [6.07, 6.45) is 6.38. The molecule has 0 bridgehead atoms. The van der Waals surface area contributed by atoms with E-state index in [1.807, 2.05) is 7.11 Å². The number of unbranched alkanes of at least 4 members (excludes halogenated alkanes) is 3. The van der Waals surface area contributed by atoms with Gasteiger partial charge in [0.2, 0.25) is 0 Å². The first-order valence-electron chi connectivity index (χ1n) is 6.45. The normalized spacial score (nSPS) is 14.5. The van der Waals surface area contributed by atoms with E-state index in [4.69, 9.17) is 4.74 Å². The molecule has 0 aliphatic heterocycles. The van der Waals surface area contributed by atoms with Gasteiger partial charge < -0.3 is 0 Å². The van der Waals surface area contributed by atoms with Crippen LogP contribution in [0.2, 0.25) is 5.82 Å². The predicted molar refractivity (Wildman–Crippen MR) is 75.5 cm³/mol. The molecule has 1 unspecified atom stereocenters. The topological polar surface area (TPSA) is 9.23 Å². The van der Waals surface area contributed by atoms with Gasteiger partial charge in [-0.05, 0) is 0 Å². The summed E-state index contributed by atoms with van der Waals surface area (Å²) in [5, 5.41) is 0. The molecule has 0 fully saturated rings. The summed E-state index contributed by atoms with van der Waals surface area (Å²) in [5.41, 5.74) is 1.35. The molecule has 1 aromatic rings. The molecule has 1 atom stereocenters. The van der Waals surface area contributed by atoms with Gasteiger partial charge in [-0.3, -0.25) is 0 Å². The maximum absolute atomic E-state index is 5.88. The van der Waals surface area contributed by atoms with Crippen LogP contribution in [0.25, 0.3) is 0 Å². The molecule has 0 saturated carbocycles. The third-order valence-electron chi connectivity index (χ3n) is 3.23. The van der Waals surface area contributed by atoms with Crippen LogP contribution in [-0.2, 0) is 9.24 Å². The van der Waals surface area contributed by atoms with Gasteiger partial charge in [0, 0.05) is 0 Å². The Balaban J connectivity index is 2.68. The molecule has 0 heterocycles. The van der Waals surface area contributed by atoms with Crippen LogP contribution in [0.1, 0.15) is 44.6 Å². The van der Waals surface area contributed by atoms with Crippen LogP contribution in [0.3, 0.4) is 0 Å². The Kier molecular flexibility index (Phi) is 6.87. The van der Waals surface area contributed by atoms with Crippen molar-refractivity contribution in [1.82, 2.24) is 0 Å². The van der Waals surface area contributed by atoms with Crippen LogP contribution in [0.15, 0.2) is 30.3 Å². The summed E-state index contributed by atoms with van der Waals surface area (Å²) >= 11 is 0.468. The van der Waals surface area contributed by atoms with E-state index in [1.165, 1.54) is 31.2 Å². The van der Waals surface area contributed by atoms with Gasteiger partial charge in [0.1, 0.15) is 0 Å². The SMILES string of the molecule is CCCCCCC(OC)([Se]C)c1ccccc1. The van der Waals surface area contributed by atoms with Crippen molar-refractivity contribution in [2.45, 2.75) is 49.3 Å². The molecule has 0 amide bonds. The Morgan fingerprint density at radius 3 is 2.35 bits per heavy atom. The fourth-order valence-corrected chi connectivity index (χ4v) is 4.00. The second kappa shape index (κ2) is 7.92. The van der Waals surface area contributed by atoms with Crippen molar-refractivity contribution < 1.29 is 4.74 Å². The van der Waals surface area contributed by atoms with Gasteiger partial charge in [-0.2, -0.15) is 0 Å². The fourth-order valence-electron chi connectivity index (χ4n) is 2.14. The summed E-state index contributed by atoms with van der Waals surface area (Å²) in [5.74, 6) is 2.28. The summed E-state index contributed by atoms with van der Waals surface area (Å²) < 4.78 is 5.87. The van der Waals surface area contributed by atoms with Gasteiger partial charge in [-0.25, -0.2) is 0 Å². The van der Waals surface area contributed by atoms with E-state index in [1.54, 1.807) is 0 Å². The van der Waals surface area contributed by atoms with Crippen LogP contribution in [-0.4, -0.2) is 22.1 Å². The van der Waals surface area contributed by atoms with Gasteiger partial charge in [-0.1, -0.05) is 0 Å². The molecule has 0 radical (unpaired) electrons. The quantitative estimate of drug-likeness (QED) is 0.516. The Morgan fingerprint density at radius 2 is 1.82 bits per heavy atom. The van der Waals surface area contributed by atoms with Gasteiger partial charge in [0.15, 0.2) is 0 Å². The van der Waals surface area contributed by atoms with Crippen LogP contribution >= 0.6 is 0 Å². The molecular weight excluding hydrogens is 275 g/mol. The van der Waals surface area contributed by atoms with Crippen molar-refractivity contribution in [3.63, 3.8) is 0 Å².